The summed E-state index contributed by atoms with van der Waals surface area (Å²) in [4.78, 5) is 7.44. The molecule has 0 radical (unpaired) electrons. The third kappa shape index (κ3) is 3.02. The van der Waals surface area contributed by atoms with E-state index < -0.39 is 0 Å². The van der Waals surface area contributed by atoms with Gasteiger partial charge in [-0.15, -0.1) is 0 Å². The van der Waals surface area contributed by atoms with E-state index in [2.05, 4.69) is 38.0 Å². The van der Waals surface area contributed by atoms with Crippen molar-refractivity contribution in [3.8, 4) is 5.75 Å². The van der Waals surface area contributed by atoms with E-state index in [0.717, 1.165) is 50.4 Å². The van der Waals surface area contributed by atoms with Gasteiger partial charge in [-0.25, -0.2) is 4.98 Å². The maximum absolute atomic E-state index is 5.65. The molecule has 0 aliphatic carbocycles. The van der Waals surface area contributed by atoms with Crippen LogP contribution in [0, 0.1) is 0 Å². The Balaban J connectivity index is 1.56. The Labute approximate surface area is 165 Å². The molecule has 4 heterocycles. The molecule has 0 amide bonds. The Kier molecular flexibility index (Phi) is 4.64. The minimum atomic E-state index is 0.461. The molecule has 0 bridgehead atoms. The summed E-state index contributed by atoms with van der Waals surface area (Å²) in [5, 5.41) is 8.15. The van der Waals surface area contributed by atoms with Gasteiger partial charge in [0.1, 0.15) is 11.6 Å². The molecule has 5 rings (SSSR count). The molecule has 1 unspecified atom stereocenters. The number of hydrogen-bond acceptors (Lipinski definition) is 5. The Morgan fingerprint density at radius 3 is 2.96 bits per heavy atom. The molecule has 28 heavy (non-hydrogen) atoms. The molecule has 2 aliphatic rings. The van der Waals surface area contributed by atoms with Crippen LogP contribution in [0.5, 0.6) is 5.75 Å². The summed E-state index contributed by atoms with van der Waals surface area (Å²) >= 11 is 0. The van der Waals surface area contributed by atoms with Crippen molar-refractivity contribution in [2.45, 2.75) is 31.6 Å². The zero-order chi connectivity index (χ0) is 18.9. The smallest absolute Gasteiger partial charge is 0.157 e. The van der Waals surface area contributed by atoms with Gasteiger partial charge >= 0.3 is 0 Å². The van der Waals surface area contributed by atoms with Gasteiger partial charge in [0.15, 0.2) is 5.65 Å². The third-order valence-electron chi connectivity index (χ3n) is 6.08. The minimum absolute atomic E-state index is 0.461. The predicted octanol–water partition coefficient (Wildman–Crippen LogP) is 2.81. The van der Waals surface area contributed by atoms with Crippen molar-refractivity contribution < 1.29 is 4.74 Å². The van der Waals surface area contributed by atoms with Crippen molar-refractivity contribution in [1.29, 1.82) is 0 Å². The van der Waals surface area contributed by atoms with Crippen LogP contribution < -0.4 is 15.0 Å². The van der Waals surface area contributed by atoms with Gasteiger partial charge in [0.25, 0.3) is 0 Å². The normalized spacial score (nSPS) is 20.0. The Bertz CT molecular complexity index is 982. The number of fused-ring (bicyclic) bond motifs is 2. The number of rotatable bonds is 3. The number of piperidine rings is 1. The first-order valence-corrected chi connectivity index (χ1v) is 10.3. The number of ether oxygens (including phenoxy) is 1. The van der Waals surface area contributed by atoms with Gasteiger partial charge in [-0.2, -0.15) is 9.61 Å². The van der Waals surface area contributed by atoms with Crippen LogP contribution in [0.1, 0.15) is 35.6 Å². The van der Waals surface area contributed by atoms with E-state index in [4.69, 9.17) is 9.72 Å². The van der Waals surface area contributed by atoms with Crippen LogP contribution in [-0.4, -0.2) is 47.9 Å². The summed E-state index contributed by atoms with van der Waals surface area (Å²) in [7, 11) is 1.77. The number of aromatic nitrogens is 3. The van der Waals surface area contributed by atoms with Crippen LogP contribution in [0.2, 0.25) is 0 Å². The molecule has 6 nitrogen and oxygen atoms in total. The molecule has 1 fully saturated rings. The van der Waals surface area contributed by atoms with E-state index in [-0.39, 0.29) is 0 Å². The third-order valence-corrected chi connectivity index (χ3v) is 6.08. The van der Waals surface area contributed by atoms with E-state index in [1.807, 2.05) is 18.3 Å². The lowest BCUT2D eigenvalue weighted by Crippen LogP contribution is -2.37. The molecular formula is C22H27N5O. The topological polar surface area (TPSA) is 54.7 Å². The van der Waals surface area contributed by atoms with Crippen molar-refractivity contribution in [1.82, 2.24) is 19.9 Å². The standard InChI is InChI=1S/C22H27N5O/c1-28-20-7-3-2-6-17(20)16-5-4-14-26(15-16)22-18-8-11-23-12-9-19(18)25-21-10-13-24-27(21)22/h2-3,6-7,10,13,16,23H,4-5,8-9,11-12,14-15H2,1H3. The first-order valence-electron chi connectivity index (χ1n) is 10.3. The molecule has 146 valence electrons. The van der Waals surface area contributed by atoms with E-state index in [0.29, 0.717) is 5.92 Å². The molecular weight excluding hydrogens is 350 g/mol. The van der Waals surface area contributed by atoms with Gasteiger partial charge in [0, 0.05) is 43.6 Å². The molecule has 1 atom stereocenters. The average Bonchev–Trinajstić information content (AvgIpc) is 3.08. The van der Waals surface area contributed by atoms with Crippen LogP contribution in [0.4, 0.5) is 5.82 Å². The highest BCUT2D eigenvalue weighted by Crippen LogP contribution is 2.36. The maximum Gasteiger partial charge on any atom is 0.157 e. The zero-order valence-electron chi connectivity index (χ0n) is 16.4. The summed E-state index contributed by atoms with van der Waals surface area (Å²) in [5.74, 6) is 2.70. The van der Waals surface area contributed by atoms with Crippen molar-refractivity contribution in [3.63, 3.8) is 0 Å². The van der Waals surface area contributed by atoms with Crippen molar-refractivity contribution in [3.05, 3.63) is 53.3 Å². The quantitative estimate of drug-likeness (QED) is 0.761. The summed E-state index contributed by atoms with van der Waals surface area (Å²) in [6.07, 6.45) is 6.21. The van der Waals surface area contributed by atoms with Gasteiger partial charge in [-0.3, -0.25) is 0 Å². The van der Waals surface area contributed by atoms with Gasteiger partial charge < -0.3 is 15.0 Å². The lowest BCUT2D eigenvalue weighted by Gasteiger charge is -2.36. The van der Waals surface area contributed by atoms with Crippen LogP contribution in [0.15, 0.2) is 36.5 Å². The number of methoxy groups -OCH3 is 1. The highest BCUT2D eigenvalue weighted by Gasteiger charge is 2.28. The van der Waals surface area contributed by atoms with Gasteiger partial charge in [-0.1, -0.05) is 18.2 Å². The maximum atomic E-state index is 5.65. The van der Waals surface area contributed by atoms with E-state index in [1.54, 1.807) is 7.11 Å². The summed E-state index contributed by atoms with van der Waals surface area (Å²) < 4.78 is 7.70. The van der Waals surface area contributed by atoms with Crippen molar-refractivity contribution >= 4 is 11.5 Å². The number of nitrogens with zero attached hydrogens (tertiary/aromatic N) is 4. The highest BCUT2D eigenvalue weighted by atomic mass is 16.5. The second-order valence-corrected chi connectivity index (χ2v) is 7.74. The van der Waals surface area contributed by atoms with Crippen molar-refractivity contribution in [2.24, 2.45) is 0 Å². The molecule has 3 aromatic rings. The second kappa shape index (κ2) is 7.43. The first kappa shape index (κ1) is 17.5. The summed E-state index contributed by atoms with van der Waals surface area (Å²) in [5.41, 5.74) is 4.86. The number of para-hydroxylation sites is 1. The number of anilines is 1. The molecule has 0 spiro atoms. The lowest BCUT2D eigenvalue weighted by molar-refractivity contribution is 0.398. The monoisotopic (exact) mass is 377 g/mol. The molecule has 1 saturated heterocycles. The Morgan fingerprint density at radius 2 is 2.04 bits per heavy atom. The van der Waals surface area contributed by atoms with E-state index in [1.165, 1.54) is 35.5 Å². The fourth-order valence-electron chi connectivity index (χ4n) is 4.77. The number of benzene rings is 1. The predicted molar refractivity (Wildman–Crippen MR) is 110 cm³/mol. The van der Waals surface area contributed by atoms with Crippen LogP contribution in [0.3, 0.4) is 0 Å². The van der Waals surface area contributed by atoms with Crippen molar-refractivity contribution in [2.75, 3.05) is 38.2 Å². The molecule has 1 N–H and O–H groups in total. The fraction of sp³-hybridized carbons (Fsp3) is 0.455. The molecule has 6 heteroatoms. The Morgan fingerprint density at radius 1 is 1.14 bits per heavy atom. The number of hydrogen-bond donors (Lipinski definition) is 1. The fourth-order valence-corrected chi connectivity index (χ4v) is 4.77. The Hall–Kier alpha value is -2.60. The largest absolute Gasteiger partial charge is 0.496 e. The molecule has 0 saturated carbocycles. The van der Waals surface area contributed by atoms with Gasteiger partial charge in [-0.05, 0) is 37.4 Å². The van der Waals surface area contributed by atoms with Gasteiger partial charge in [0.05, 0.1) is 19.0 Å². The summed E-state index contributed by atoms with van der Waals surface area (Å²) in [6.45, 7) is 4.04. The number of nitrogens with one attached hydrogen (secondary N) is 1. The van der Waals surface area contributed by atoms with E-state index >= 15 is 0 Å². The van der Waals surface area contributed by atoms with Gasteiger partial charge in [0.2, 0.25) is 0 Å². The summed E-state index contributed by atoms with van der Waals surface area (Å²) in [6, 6.07) is 10.5. The molecule has 1 aromatic carbocycles. The molecule has 2 aromatic heterocycles. The average molecular weight is 377 g/mol. The van der Waals surface area contributed by atoms with Crippen LogP contribution in [0.25, 0.3) is 5.65 Å². The zero-order valence-corrected chi connectivity index (χ0v) is 16.4. The lowest BCUT2D eigenvalue weighted by atomic mass is 9.89. The SMILES string of the molecule is COc1ccccc1C1CCCN(c2c3c(nc4ccnn24)CCNCC3)C1. The minimum Gasteiger partial charge on any atom is -0.496 e. The van der Waals surface area contributed by atoms with E-state index in [9.17, 15) is 0 Å². The second-order valence-electron chi connectivity index (χ2n) is 7.74. The first-order chi connectivity index (χ1) is 13.8. The van der Waals surface area contributed by atoms with Crippen LogP contribution >= 0.6 is 0 Å². The highest BCUT2D eigenvalue weighted by molar-refractivity contribution is 5.58. The van der Waals surface area contributed by atoms with Crippen LogP contribution in [-0.2, 0) is 12.8 Å². The molecule has 2 aliphatic heterocycles.